The van der Waals surface area contributed by atoms with Crippen molar-refractivity contribution in [2.45, 2.75) is 76.2 Å². The predicted molar refractivity (Wildman–Crippen MR) is 182 cm³/mol. The molecular weight excluding hydrogens is 557 g/mol. The smallest absolute Gasteiger partial charge is 0 e. The summed E-state index contributed by atoms with van der Waals surface area (Å²) in [6, 6.07) is 52.0. The van der Waals surface area contributed by atoms with Gasteiger partial charge in [-0.2, -0.15) is 72.8 Å². The molecule has 0 aliphatic heterocycles. The molecule has 1 radical (unpaired) electrons. The maximum Gasteiger partial charge on any atom is 0 e. The first-order valence-corrected chi connectivity index (χ1v) is 14.6. The zero-order chi connectivity index (χ0) is 30.4. The number of hydrogen-bond acceptors (Lipinski definition) is 0. The summed E-state index contributed by atoms with van der Waals surface area (Å²) < 4.78 is 0. The van der Waals surface area contributed by atoms with Gasteiger partial charge >= 0.3 is 0 Å². The summed E-state index contributed by atoms with van der Waals surface area (Å²) in [7, 11) is 0. The molecule has 0 unspecified atom stereocenters. The molecule has 0 aromatic heterocycles. The fourth-order valence-corrected chi connectivity index (χ4v) is 2.35. The Bertz CT molecular complexity index is 847. The van der Waals surface area contributed by atoms with E-state index in [-0.39, 0.29) is 32.7 Å². The molecule has 0 atom stereocenters. The third-order valence-corrected chi connectivity index (χ3v) is 3.81. The summed E-state index contributed by atoms with van der Waals surface area (Å²) in [6.07, 6.45) is 0. The van der Waals surface area contributed by atoms with E-state index in [2.05, 4.69) is 79.7 Å². The van der Waals surface area contributed by atoms with E-state index in [1.807, 2.05) is 148 Å². The standard InChI is InChI=1S/C10H8.C7H8.2C6H5.5C2H6.Y/c1-2-6-10-8-4-3-7-9(10)5-1;1-7-5-3-2-4-6-7;2*1-2-4-6-5-3-1;5*1-2;/h1-8H;2-6H,1H3;2*1-5H;5*1-2H3;/q;;2*-1;;;;;;. The summed E-state index contributed by atoms with van der Waals surface area (Å²) >= 11 is 0. The normalized spacial score (nSPS) is 7.17. The fourth-order valence-electron chi connectivity index (χ4n) is 2.35. The summed E-state index contributed by atoms with van der Waals surface area (Å²) in [6.45, 7) is 22.1. The molecule has 0 heterocycles. The topological polar surface area (TPSA) is 0 Å². The summed E-state index contributed by atoms with van der Waals surface area (Å²) in [5.74, 6) is 0. The van der Waals surface area contributed by atoms with Gasteiger partial charge in [0.25, 0.3) is 0 Å². The monoisotopic (exact) mass is 613 g/mol. The molecule has 217 valence electrons. The third-order valence-electron chi connectivity index (χ3n) is 3.81. The van der Waals surface area contributed by atoms with E-state index in [1.54, 1.807) is 0 Å². The van der Waals surface area contributed by atoms with Crippen LogP contribution in [0.3, 0.4) is 0 Å². The van der Waals surface area contributed by atoms with Crippen LogP contribution in [0.15, 0.2) is 140 Å². The van der Waals surface area contributed by atoms with Gasteiger partial charge in [0.05, 0.1) is 0 Å². The van der Waals surface area contributed by atoms with Crippen molar-refractivity contribution in [3.63, 3.8) is 0 Å². The van der Waals surface area contributed by atoms with Crippen LogP contribution in [0.1, 0.15) is 74.8 Å². The molecule has 5 rings (SSSR count). The van der Waals surface area contributed by atoms with E-state index in [0.717, 1.165) is 0 Å². The van der Waals surface area contributed by atoms with E-state index < -0.39 is 0 Å². The Morgan fingerprint density at radius 1 is 0.325 bits per heavy atom. The van der Waals surface area contributed by atoms with Crippen LogP contribution in [0.25, 0.3) is 10.8 Å². The molecular formula is C39H56Y-2. The summed E-state index contributed by atoms with van der Waals surface area (Å²) in [4.78, 5) is 0. The van der Waals surface area contributed by atoms with E-state index in [1.165, 1.54) is 16.3 Å². The van der Waals surface area contributed by atoms with E-state index >= 15 is 0 Å². The number of hydrogen-bond donors (Lipinski definition) is 0. The van der Waals surface area contributed by atoms with Gasteiger partial charge in [0, 0.05) is 32.7 Å². The maximum atomic E-state index is 2.89. The Morgan fingerprint density at radius 3 is 0.700 bits per heavy atom. The minimum atomic E-state index is 0. The van der Waals surface area contributed by atoms with Gasteiger partial charge in [0.1, 0.15) is 0 Å². The first-order valence-electron chi connectivity index (χ1n) is 14.6. The molecule has 40 heavy (non-hydrogen) atoms. The van der Waals surface area contributed by atoms with Crippen molar-refractivity contribution in [1.29, 1.82) is 0 Å². The molecule has 0 amide bonds. The predicted octanol–water partition coefficient (Wildman–Crippen LogP) is 12.9. The Morgan fingerprint density at radius 2 is 0.550 bits per heavy atom. The van der Waals surface area contributed by atoms with Crippen LogP contribution in [0.2, 0.25) is 0 Å². The van der Waals surface area contributed by atoms with Crippen molar-refractivity contribution in [1.82, 2.24) is 0 Å². The second-order valence-electron chi connectivity index (χ2n) is 6.16. The zero-order valence-corrected chi connectivity index (χ0v) is 30.2. The largest absolute Gasteiger partial charge is 0.184 e. The van der Waals surface area contributed by atoms with E-state index in [4.69, 9.17) is 0 Å². The molecule has 1 heteroatoms. The van der Waals surface area contributed by atoms with Gasteiger partial charge in [-0.3, -0.25) is 0 Å². The zero-order valence-electron chi connectivity index (χ0n) is 27.4. The molecule has 0 fully saturated rings. The molecule has 5 aromatic carbocycles. The van der Waals surface area contributed by atoms with Gasteiger partial charge in [0.15, 0.2) is 0 Å². The van der Waals surface area contributed by atoms with Crippen LogP contribution in [0.5, 0.6) is 0 Å². The SMILES string of the molecule is CC.CC.CC.CC.CC.Cc1ccccc1.[Y].[c-]1ccccc1.[c-]1ccccc1.c1ccc2ccccc2c1. The van der Waals surface area contributed by atoms with Gasteiger partial charge < -0.3 is 0 Å². The van der Waals surface area contributed by atoms with Crippen LogP contribution >= 0.6 is 0 Å². The first kappa shape index (κ1) is 47.3. The van der Waals surface area contributed by atoms with Gasteiger partial charge in [-0.05, 0) is 17.7 Å². The maximum absolute atomic E-state index is 2.89. The third kappa shape index (κ3) is 33.5. The molecule has 0 aliphatic rings. The van der Waals surface area contributed by atoms with Crippen LogP contribution in [0.4, 0.5) is 0 Å². The van der Waals surface area contributed by atoms with E-state index in [0.29, 0.717) is 0 Å². The summed E-state index contributed by atoms with van der Waals surface area (Å²) in [5, 5.41) is 2.62. The quantitative estimate of drug-likeness (QED) is 0.152. The summed E-state index contributed by atoms with van der Waals surface area (Å²) in [5.41, 5.74) is 1.32. The Balaban J connectivity index is -0.000000124. The number of rotatable bonds is 0. The second kappa shape index (κ2) is 46.3. The molecule has 0 saturated carbocycles. The molecule has 0 N–H and O–H groups in total. The molecule has 0 nitrogen and oxygen atoms in total. The minimum absolute atomic E-state index is 0. The number of aryl methyl sites for hydroxylation is 1. The van der Waals surface area contributed by atoms with Gasteiger partial charge in [-0.25, -0.2) is 0 Å². The fraction of sp³-hybridized carbons (Fsp3) is 0.282. The number of fused-ring (bicyclic) bond motifs is 1. The molecule has 0 spiro atoms. The van der Waals surface area contributed by atoms with Crippen molar-refractivity contribution < 1.29 is 32.7 Å². The average Bonchev–Trinajstić information content (AvgIpc) is 3.09. The Hall–Kier alpha value is -2.54. The Labute approximate surface area is 275 Å². The average molecular weight is 614 g/mol. The van der Waals surface area contributed by atoms with Crippen LogP contribution in [0, 0.1) is 19.1 Å². The number of benzene rings is 5. The molecule has 0 aliphatic carbocycles. The van der Waals surface area contributed by atoms with Crippen LogP contribution < -0.4 is 0 Å². The second-order valence-corrected chi connectivity index (χ2v) is 6.16. The van der Waals surface area contributed by atoms with Crippen LogP contribution in [-0.2, 0) is 32.7 Å². The van der Waals surface area contributed by atoms with E-state index in [9.17, 15) is 0 Å². The van der Waals surface area contributed by atoms with Gasteiger partial charge in [-0.15, -0.1) is 0 Å². The molecule has 0 bridgehead atoms. The first-order chi connectivity index (χ1) is 19.4. The molecule has 0 saturated heterocycles. The molecule has 5 aromatic rings. The van der Waals surface area contributed by atoms with Crippen LogP contribution in [-0.4, -0.2) is 0 Å². The minimum Gasteiger partial charge on any atom is -0.184 e. The Kier molecular flexibility index (Phi) is 54.7. The van der Waals surface area contributed by atoms with Crippen molar-refractivity contribution in [3.05, 3.63) is 157 Å². The van der Waals surface area contributed by atoms with Gasteiger partial charge in [-0.1, -0.05) is 154 Å². The van der Waals surface area contributed by atoms with Gasteiger partial charge in [0.2, 0.25) is 0 Å². The van der Waals surface area contributed by atoms with Crippen molar-refractivity contribution in [2.75, 3.05) is 0 Å². The van der Waals surface area contributed by atoms with Crippen molar-refractivity contribution in [2.24, 2.45) is 0 Å². The van der Waals surface area contributed by atoms with Crippen molar-refractivity contribution in [3.8, 4) is 0 Å². The van der Waals surface area contributed by atoms with Crippen molar-refractivity contribution >= 4 is 10.8 Å².